The zero-order chi connectivity index (χ0) is 10.7. The molecule has 4 heteroatoms. The fraction of sp³-hybridized carbons (Fsp3) is 0.273. The third kappa shape index (κ3) is 2.11. The Morgan fingerprint density at radius 2 is 2.33 bits per heavy atom. The fourth-order valence-corrected chi connectivity index (χ4v) is 1.67. The van der Waals surface area contributed by atoms with Gasteiger partial charge in [-0.15, -0.1) is 0 Å². The van der Waals surface area contributed by atoms with Gasteiger partial charge < -0.3 is 5.32 Å². The van der Waals surface area contributed by atoms with E-state index >= 15 is 0 Å². The van der Waals surface area contributed by atoms with E-state index < -0.39 is 0 Å². The first-order valence-corrected chi connectivity index (χ1v) is 4.75. The molecule has 1 aromatic carbocycles. The summed E-state index contributed by atoms with van der Waals surface area (Å²) in [6, 6.07) is 5.80. The Morgan fingerprint density at radius 3 is 3.13 bits per heavy atom. The molecule has 15 heavy (non-hydrogen) atoms. The number of nitrogens with zero attached hydrogens (tertiary/aromatic N) is 1. The van der Waals surface area contributed by atoms with Gasteiger partial charge in [-0.2, -0.15) is 0 Å². The molecule has 0 bridgehead atoms. The van der Waals surface area contributed by atoms with Crippen molar-refractivity contribution < 1.29 is 9.59 Å². The first-order valence-electron chi connectivity index (χ1n) is 4.75. The Hall–Kier alpha value is -1.93. The number of isocyanates is 1. The molecule has 0 radical (unpaired) electrons. The van der Waals surface area contributed by atoms with Gasteiger partial charge in [0, 0.05) is 5.69 Å². The van der Waals surface area contributed by atoms with Crippen LogP contribution in [0.2, 0.25) is 0 Å². The van der Waals surface area contributed by atoms with Crippen molar-refractivity contribution in [1.82, 2.24) is 0 Å². The summed E-state index contributed by atoms with van der Waals surface area (Å²) in [6.45, 7) is 0.448. The van der Waals surface area contributed by atoms with E-state index in [1.54, 1.807) is 0 Å². The van der Waals surface area contributed by atoms with Crippen LogP contribution in [0.3, 0.4) is 0 Å². The third-order valence-electron chi connectivity index (χ3n) is 2.37. The lowest BCUT2D eigenvalue weighted by molar-refractivity contribution is -0.115. The molecule has 0 fully saturated rings. The second-order valence-corrected chi connectivity index (χ2v) is 3.44. The Balaban J connectivity index is 2.12. The summed E-state index contributed by atoms with van der Waals surface area (Å²) in [6.07, 6.45) is 2.66. The van der Waals surface area contributed by atoms with Crippen molar-refractivity contribution in [3.8, 4) is 0 Å². The number of benzene rings is 1. The number of aliphatic imine (C=N–C) groups is 1. The van der Waals surface area contributed by atoms with Crippen LogP contribution < -0.4 is 5.32 Å². The lowest BCUT2D eigenvalue weighted by Crippen LogP contribution is -2.03. The van der Waals surface area contributed by atoms with Crippen LogP contribution in [0.5, 0.6) is 0 Å². The maximum atomic E-state index is 11.1. The number of fused-ring (bicyclic) bond motifs is 1. The van der Waals surface area contributed by atoms with Crippen molar-refractivity contribution in [3.63, 3.8) is 0 Å². The van der Waals surface area contributed by atoms with Gasteiger partial charge in [0.25, 0.3) is 0 Å². The average molecular weight is 202 g/mol. The number of hydrogen-bond acceptors (Lipinski definition) is 3. The molecular weight excluding hydrogens is 192 g/mol. The van der Waals surface area contributed by atoms with Gasteiger partial charge in [-0.3, -0.25) is 4.79 Å². The summed E-state index contributed by atoms with van der Waals surface area (Å²) in [5.74, 6) is 0.0352. The first kappa shape index (κ1) is 9.62. The topological polar surface area (TPSA) is 58.5 Å². The molecule has 1 aromatic rings. The Kier molecular flexibility index (Phi) is 2.61. The lowest BCUT2D eigenvalue weighted by atomic mass is 10.1. The summed E-state index contributed by atoms with van der Waals surface area (Å²) in [4.78, 5) is 24.5. The molecule has 1 aliphatic rings. The minimum Gasteiger partial charge on any atom is -0.326 e. The summed E-state index contributed by atoms with van der Waals surface area (Å²) in [5.41, 5.74) is 3.00. The first-order chi connectivity index (χ1) is 7.29. The number of hydrogen-bond donors (Lipinski definition) is 1. The highest BCUT2D eigenvalue weighted by atomic mass is 16.1. The number of amides is 1. The molecule has 0 saturated heterocycles. The van der Waals surface area contributed by atoms with Gasteiger partial charge in [0.1, 0.15) is 0 Å². The van der Waals surface area contributed by atoms with Gasteiger partial charge >= 0.3 is 0 Å². The van der Waals surface area contributed by atoms with Crippen LogP contribution in [-0.2, 0) is 22.4 Å². The highest BCUT2D eigenvalue weighted by Crippen LogP contribution is 2.23. The number of rotatable bonds is 3. The second kappa shape index (κ2) is 4.07. The molecule has 0 spiro atoms. The SMILES string of the molecule is O=C=NCCc1ccc2c(c1)CC(=O)N2. The molecule has 1 aliphatic heterocycles. The molecule has 0 aliphatic carbocycles. The zero-order valence-corrected chi connectivity index (χ0v) is 8.12. The minimum atomic E-state index is 0.0352. The minimum absolute atomic E-state index is 0.0352. The van der Waals surface area contributed by atoms with E-state index in [-0.39, 0.29) is 5.91 Å². The van der Waals surface area contributed by atoms with E-state index in [1.165, 1.54) is 6.08 Å². The molecular formula is C11H10N2O2. The standard InChI is InChI=1S/C11H10N2O2/c14-7-12-4-3-8-1-2-10-9(5-8)6-11(15)13-10/h1-2,5H,3-4,6H2,(H,13,15). The Labute approximate surface area is 87.0 Å². The summed E-state index contributed by atoms with van der Waals surface area (Å²) in [7, 11) is 0. The van der Waals surface area contributed by atoms with Gasteiger partial charge in [-0.25, -0.2) is 9.79 Å². The van der Waals surface area contributed by atoms with Gasteiger partial charge in [0.15, 0.2) is 0 Å². The van der Waals surface area contributed by atoms with E-state index in [0.717, 1.165) is 16.8 Å². The highest BCUT2D eigenvalue weighted by molar-refractivity contribution is 5.99. The van der Waals surface area contributed by atoms with Gasteiger partial charge in [0.2, 0.25) is 12.0 Å². The predicted molar refractivity (Wildman–Crippen MR) is 55.5 cm³/mol. The molecule has 4 nitrogen and oxygen atoms in total. The Bertz CT molecular complexity index is 448. The second-order valence-electron chi connectivity index (χ2n) is 3.44. The molecule has 1 N–H and O–H groups in total. The highest BCUT2D eigenvalue weighted by Gasteiger charge is 2.16. The van der Waals surface area contributed by atoms with E-state index in [9.17, 15) is 9.59 Å². The van der Waals surface area contributed by atoms with Crippen molar-refractivity contribution in [2.75, 3.05) is 11.9 Å². The molecule has 1 heterocycles. The van der Waals surface area contributed by atoms with Crippen LogP contribution in [0, 0.1) is 0 Å². The molecule has 76 valence electrons. The van der Waals surface area contributed by atoms with E-state index in [2.05, 4.69) is 10.3 Å². The molecule has 0 saturated carbocycles. The number of nitrogens with one attached hydrogen (secondary N) is 1. The van der Waals surface area contributed by atoms with Gasteiger partial charge in [-0.05, 0) is 23.6 Å². The molecule has 0 aromatic heterocycles. The van der Waals surface area contributed by atoms with Crippen LogP contribution in [0.4, 0.5) is 5.69 Å². The van der Waals surface area contributed by atoms with Crippen LogP contribution in [-0.4, -0.2) is 18.5 Å². The third-order valence-corrected chi connectivity index (χ3v) is 2.37. The molecule has 0 atom stereocenters. The quantitative estimate of drug-likeness (QED) is 0.588. The van der Waals surface area contributed by atoms with Crippen LogP contribution in [0.15, 0.2) is 23.2 Å². The maximum absolute atomic E-state index is 11.1. The Morgan fingerprint density at radius 1 is 1.47 bits per heavy atom. The smallest absolute Gasteiger partial charge is 0.234 e. The molecule has 1 amide bonds. The van der Waals surface area contributed by atoms with E-state index in [1.807, 2.05) is 18.2 Å². The van der Waals surface area contributed by atoms with Crippen LogP contribution in [0.1, 0.15) is 11.1 Å². The monoisotopic (exact) mass is 202 g/mol. The number of carbonyl (C=O) groups is 1. The van der Waals surface area contributed by atoms with Crippen molar-refractivity contribution in [2.45, 2.75) is 12.8 Å². The van der Waals surface area contributed by atoms with Crippen molar-refractivity contribution >= 4 is 17.7 Å². The largest absolute Gasteiger partial charge is 0.326 e. The summed E-state index contributed by atoms with van der Waals surface area (Å²) >= 11 is 0. The summed E-state index contributed by atoms with van der Waals surface area (Å²) < 4.78 is 0. The van der Waals surface area contributed by atoms with Crippen molar-refractivity contribution in [2.24, 2.45) is 4.99 Å². The van der Waals surface area contributed by atoms with Crippen molar-refractivity contribution in [1.29, 1.82) is 0 Å². The maximum Gasteiger partial charge on any atom is 0.234 e. The van der Waals surface area contributed by atoms with Crippen LogP contribution >= 0.6 is 0 Å². The summed E-state index contributed by atoms with van der Waals surface area (Å²) in [5, 5.41) is 2.77. The lowest BCUT2D eigenvalue weighted by Gasteiger charge is -2.01. The van der Waals surface area contributed by atoms with Crippen LogP contribution in [0.25, 0.3) is 0 Å². The van der Waals surface area contributed by atoms with Crippen molar-refractivity contribution in [3.05, 3.63) is 29.3 Å². The fourth-order valence-electron chi connectivity index (χ4n) is 1.67. The molecule has 2 rings (SSSR count). The van der Waals surface area contributed by atoms with E-state index in [0.29, 0.717) is 19.4 Å². The average Bonchev–Trinajstić information content (AvgIpc) is 2.57. The number of anilines is 1. The zero-order valence-electron chi connectivity index (χ0n) is 8.12. The van der Waals surface area contributed by atoms with Gasteiger partial charge in [0.05, 0.1) is 13.0 Å². The molecule has 0 unspecified atom stereocenters. The predicted octanol–water partition coefficient (Wildman–Crippen LogP) is 1.06. The number of carbonyl (C=O) groups excluding carboxylic acids is 2. The van der Waals surface area contributed by atoms with Gasteiger partial charge in [-0.1, -0.05) is 12.1 Å². The normalized spacial score (nSPS) is 12.9. The van der Waals surface area contributed by atoms with E-state index in [4.69, 9.17) is 0 Å².